The summed E-state index contributed by atoms with van der Waals surface area (Å²) in [6.45, 7) is 1.07. The predicted molar refractivity (Wildman–Crippen MR) is 90.1 cm³/mol. The Morgan fingerprint density at radius 2 is 2.00 bits per heavy atom. The molecule has 0 saturated carbocycles. The van der Waals surface area contributed by atoms with Crippen LogP contribution in [-0.2, 0) is 20.9 Å². The minimum Gasteiger partial charge on any atom is -0.496 e. The van der Waals surface area contributed by atoms with Gasteiger partial charge < -0.3 is 14.8 Å². The van der Waals surface area contributed by atoms with Crippen molar-refractivity contribution >= 4 is 11.9 Å². The molecular weight excluding hydrogens is 345 g/mol. The molecule has 0 unspecified atom stereocenters. The molecule has 0 aliphatic rings. The lowest BCUT2D eigenvalue weighted by Crippen LogP contribution is -2.42. The Morgan fingerprint density at radius 1 is 1.27 bits per heavy atom. The van der Waals surface area contributed by atoms with Crippen molar-refractivity contribution in [2.75, 3.05) is 14.2 Å². The Bertz CT molecular complexity index is 881. The molecule has 2 rings (SSSR count). The minimum absolute atomic E-state index is 0.242. The molecule has 138 valence electrons. The molecular formula is C17H18FN3O5. The number of hydrogen-bond donors (Lipinski definition) is 1. The van der Waals surface area contributed by atoms with Gasteiger partial charge in [-0.05, 0) is 25.1 Å². The number of aromatic nitrogens is 2. The number of nitrogens with zero attached hydrogens (tertiary/aromatic N) is 2. The maximum Gasteiger partial charge on any atom is 0.328 e. The standard InChI is InChI=1S/C17H18FN3O5/c1-10(17(24)26-3)19-15(22)9-21-16(23)7-6-13(20-21)12-5-4-11(18)8-14(12)25-2/h4-8,10H,9H2,1-3H3,(H,19,22)/t10-/m1/s1. The van der Waals surface area contributed by atoms with Gasteiger partial charge in [0, 0.05) is 17.7 Å². The van der Waals surface area contributed by atoms with Gasteiger partial charge in [0.2, 0.25) is 5.91 Å². The summed E-state index contributed by atoms with van der Waals surface area (Å²) in [5, 5.41) is 6.53. The summed E-state index contributed by atoms with van der Waals surface area (Å²) < 4.78 is 23.9. The molecule has 0 aliphatic carbocycles. The van der Waals surface area contributed by atoms with E-state index >= 15 is 0 Å². The van der Waals surface area contributed by atoms with Crippen LogP contribution in [0.1, 0.15) is 6.92 Å². The highest BCUT2D eigenvalue weighted by Gasteiger charge is 2.17. The largest absolute Gasteiger partial charge is 0.496 e. The number of esters is 1. The Balaban J connectivity index is 2.27. The molecule has 0 bridgehead atoms. The third-order valence-corrected chi connectivity index (χ3v) is 3.53. The molecule has 0 radical (unpaired) electrons. The predicted octanol–water partition coefficient (Wildman–Crippen LogP) is 0.736. The van der Waals surface area contributed by atoms with Gasteiger partial charge in [-0.25, -0.2) is 13.9 Å². The molecule has 26 heavy (non-hydrogen) atoms. The van der Waals surface area contributed by atoms with E-state index in [4.69, 9.17) is 4.74 Å². The average Bonchev–Trinajstić information content (AvgIpc) is 2.62. The molecule has 8 nitrogen and oxygen atoms in total. The van der Waals surface area contributed by atoms with Crippen LogP contribution in [-0.4, -0.2) is 41.9 Å². The normalized spacial score (nSPS) is 11.5. The summed E-state index contributed by atoms with van der Waals surface area (Å²) in [6.07, 6.45) is 0. The van der Waals surface area contributed by atoms with E-state index in [0.29, 0.717) is 11.3 Å². The zero-order chi connectivity index (χ0) is 19.3. The number of carbonyl (C=O) groups is 2. The van der Waals surface area contributed by atoms with Gasteiger partial charge >= 0.3 is 5.97 Å². The van der Waals surface area contributed by atoms with Crippen LogP contribution in [0.4, 0.5) is 4.39 Å². The van der Waals surface area contributed by atoms with E-state index in [9.17, 15) is 18.8 Å². The van der Waals surface area contributed by atoms with Crippen molar-refractivity contribution in [3.05, 3.63) is 46.5 Å². The quantitative estimate of drug-likeness (QED) is 0.760. The lowest BCUT2D eigenvalue weighted by molar-refractivity contribution is -0.144. The van der Waals surface area contributed by atoms with Crippen molar-refractivity contribution in [3.8, 4) is 17.0 Å². The Hall–Kier alpha value is -3.23. The summed E-state index contributed by atoms with van der Waals surface area (Å²) >= 11 is 0. The van der Waals surface area contributed by atoms with Crippen LogP contribution in [0.25, 0.3) is 11.3 Å². The van der Waals surface area contributed by atoms with E-state index in [1.807, 2.05) is 0 Å². The Morgan fingerprint density at radius 3 is 2.65 bits per heavy atom. The van der Waals surface area contributed by atoms with Crippen molar-refractivity contribution in [1.82, 2.24) is 15.1 Å². The van der Waals surface area contributed by atoms with E-state index in [1.54, 1.807) is 0 Å². The van der Waals surface area contributed by atoms with Crippen LogP contribution in [0.5, 0.6) is 5.75 Å². The fourth-order valence-corrected chi connectivity index (χ4v) is 2.24. The zero-order valence-electron chi connectivity index (χ0n) is 14.5. The van der Waals surface area contributed by atoms with E-state index in [1.165, 1.54) is 51.5 Å². The smallest absolute Gasteiger partial charge is 0.328 e. The molecule has 1 amide bonds. The summed E-state index contributed by atoms with van der Waals surface area (Å²) in [7, 11) is 2.59. The summed E-state index contributed by atoms with van der Waals surface area (Å²) in [5.74, 6) is -1.43. The lowest BCUT2D eigenvalue weighted by Gasteiger charge is -2.13. The lowest BCUT2D eigenvalue weighted by atomic mass is 10.1. The van der Waals surface area contributed by atoms with Gasteiger partial charge in [-0.2, -0.15) is 5.10 Å². The van der Waals surface area contributed by atoms with Crippen molar-refractivity contribution in [2.45, 2.75) is 19.5 Å². The molecule has 1 heterocycles. The number of benzene rings is 1. The highest BCUT2D eigenvalue weighted by atomic mass is 19.1. The topological polar surface area (TPSA) is 99.5 Å². The third kappa shape index (κ3) is 4.44. The molecule has 9 heteroatoms. The first kappa shape index (κ1) is 19.1. The van der Waals surface area contributed by atoms with Gasteiger partial charge in [-0.15, -0.1) is 0 Å². The van der Waals surface area contributed by atoms with Gasteiger partial charge in [0.15, 0.2) is 0 Å². The minimum atomic E-state index is -0.858. The molecule has 1 aromatic carbocycles. The molecule has 0 saturated heterocycles. The number of carbonyl (C=O) groups excluding carboxylic acids is 2. The van der Waals surface area contributed by atoms with Crippen molar-refractivity contribution in [3.63, 3.8) is 0 Å². The van der Waals surface area contributed by atoms with Gasteiger partial charge in [0.1, 0.15) is 24.2 Å². The number of methoxy groups -OCH3 is 2. The maximum absolute atomic E-state index is 13.3. The van der Waals surface area contributed by atoms with Crippen molar-refractivity contribution < 1.29 is 23.5 Å². The van der Waals surface area contributed by atoms with Crippen molar-refractivity contribution in [1.29, 1.82) is 0 Å². The number of amides is 1. The van der Waals surface area contributed by atoms with Gasteiger partial charge in [-0.3, -0.25) is 9.59 Å². The first-order chi connectivity index (χ1) is 12.3. The molecule has 0 fully saturated rings. The average molecular weight is 363 g/mol. The van der Waals surface area contributed by atoms with Crippen LogP contribution in [0.2, 0.25) is 0 Å². The molecule has 1 atom stereocenters. The van der Waals surface area contributed by atoms with E-state index in [2.05, 4.69) is 15.2 Å². The Kier molecular flexibility index (Phi) is 6.05. The number of hydrogen-bond acceptors (Lipinski definition) is 6. The van der Waals surface area contributed by atoms with Crippen LogP contribution in [0, 0.1) is 5.82 Å². The van der Waals surface area contributed by atoms with Gasteiger partial charge in [0.05, 0.1) is 19.9 Å². The second-order valence-corrected chi connectivity index (χ2v) is 5.37. The van der Waals surface area contributed by atoms with E-state index in [0.717, 1.165) is 4.68 Å². The molecule has 0 spiro atoms. The molecule has 2 aromatic rings. The SMILES string of the molecule is COC(=O)[C@@H](C)NC(=O)Cn1nc(-c2ccc(F)cc2OC)ccc1=O. The van der Waals surface area contributed by atoms with Crippen molar-refractivity contribution in [2.24, 2.45) is 0 Å². The summed E-state index contributed by atoms with van der Waals surface area (Å²) in [5.41, 5.74) is 0.289. The van der Waals surface area contributed by atoms with Crippen LogP contribution < -0.4 is 15.6 Å². The monoisotopic (exact) mass is 363 g/mol. The number of nitrogens with one attached hydrogen (secondary N) is 1. The third-order valence-electron chi connectivity index (χ3n) is 3.53. The van der Waals surface area contributed by atoms with Gasteiger partial charge in [-0.1, -0.05) is 0 Å². The molecule has 1 aromatic heterocycles. The van der Waals surface area contributed by atoms with Gasteiger partial charge in [0.25, 0.3) is 5.56 Å². The number of halogens is 1. The van der Waals surface area contributed by atoms with E-state index in [-0.39, 0.29) is 5.75 Å². The maximum atomic E-state index is 13.3. The highest BCUT2D eigenvalue weighted by molar-refractivity contribution is 5.83. The fraction of sp³-hybridized carbons (Fsp3) is 0.294. The number of rotatable bonds is 6. The molecule has 0 aliphatic heterocycles. The second-order valence-electron chi connectivity index (χ2n) is 5.37. The van der Waals surface area contributed by atoms with E-state index < -0.39 is 35.8 Å². The summed E-state index contributed by atoms with van der Waals surface area (Å²) in [6, 6.07) is 5.72. The summed E-state index contributed by atoms with van der Waals surface area (Å²) in [4.78, 5) is 35.3. The highest BCUT2D eigenvalue weighted by Crippen LogP contribution is 2.28. The van der Waals surface area contributed by atoms with Crippen LogP contribution >= 0.6 is 0 Å². The first-order valence-corrected chi connectivity index (χ1v) is 7.65. The number of ether oxygens (including phenoxy) is 2. The van der Waals surface area contributed by atoms with Crippen LogP contribution in [0.3, 0.4) is 0 Å². The first-order valence-electron chi connectivity index (χ1n) is 7.65. The fourth-order valence-electron chi connectivity index (χ4n) is 2.24. The Labute approximate surface area is 148 Å². The zero-order valence-corrected chi connectivity index (χ0v) is 14.5. The molecule has 1 N–H and O–H groups in total. The second kappa shape index (κ2) is 8.24. The van der Waals surface area contributed by atoms with Crippen LogP contribution in [0.15, 0.2) is 35.1 Å².